The monoisotopic (exact) mass is 359 g/mol. The molecule has 4 nitrogen and oxygen atoms in total. The summed E-state index contributed by atoms with van der Waals surface area (Å²) in [5, 5.41) is 10.9. The Bertz CT molecular complexity index is 649. The molecule has 0 N–H and O–H groups in total. The summed E-state index contributed by atoms with van der Waals surface area (Å²) in [6.45, 7) is 0. The van der Waals surface area contributed by atoms with Crippen molar-refractivity contribution < 1.29 is 14.1 Å². The Balaban J connectivity index is 2.36. The fraction of sp³-hybridized carbons (Fsp3) is 0.0769. The molecule has 0 atom stereocenters. The van der Waals surface area contributed by atoms with Gasteiger partial charge in [-0.1, -0.05) is 12.1 Å². The predicted molar refractivity (Wildman–Crippen MR) is 76.8 cm³/mol. The minimum atomic E-state index is -0.636. The molecule has 104 valence electrons. The number of nitrogens with zero attached hydrogens (tertiary/aromatic N) is 1. The third kappa shape index (κ3) is 3.26. The molecule has 20 heavy (non-hydrogen) atoms. The van der Waals surface area contributed by atoms with Crippen molar-refractivity contribution in [2.24, 2.45) is 0 Å². The van der Waals surface area contributed by atoms with Crippen molar-refractivity contribution >= 4 is 33.2 Å². The maximum atomic E-state index is 13.5. The number of rotatable bonds is 4. The number of hydrogen-bond acceptors (Lipinski definition) is 3. The SMILES string of the molecule is O=[N+]([O-])c1cc(Br)c(F)cc1Oc1ccc(CCl)cc1. The van der Waals surface area contributed by atoms with Crippen LogP contribution in [-0.2, 0) is 5.88 Å². The Morgan fingerprint density at radius 3 is 2.50 bits per heavy atom. The number of nitro benzene ring substituents is 1. The van der Waals surface area contributed by atoms with Crippen LogP contribution in [0.5, 0.6) is 11.5 Å². The van der Waals surface area contributed by atoms with Gasteiger partial charge in [-0.25, -0.2) is 4.39 Å². The first-order chi connectivity index (χ1) is 9.51. The summed E-state index contributed by atoms with van der Waals surface area (Å²) in [7, 11) is 0. The van der Waals surface area contributed by atoms with Gasteiger partial charge in [0.25, 0.3) is 0 Å². The second kappa shape index (κ2) is 6.19. The van der Waals surface area contributed by atoms with Crippen LogP contribution in [0.4, 0.5) is 10.1 Å². The van der Waals surface area contributed by atoms with Crippen LogP contribution in [0.3, 0.4) is 0 Å². The van der Waals surface area contributed by atoms with Gasteiger partial charge in [-0.3, -0.25) is 10.1 Å². The zero-order valence-corrected chi connectivity index (χ0v) is 12.3. The number of halogens is 3. The molecule has 0 aliphatic rings. The molecule has 0 bridgehead atoms. The van der Waals surface area contributed by atoms with Crippen LogP contribution in [-0.4, -0.2) is 4.92 Å². The number of nitro groups is 1. The normalized spacial score (nSPS) is 10.3. The lowest BCUT2D eigenvalue weighted by atomic mass is 10.2. The maximum Gasteiger partial charge on any atom is 0.312 e. The van der Waals surface area contributed by atoms with E-state index in [1.165, 1.54) is 0 Å². The molecule has 0 heterocycles. The van der Waals surface area contributed by atoms with E-state index in [9.17, 15) is 14.5 Å². The van der Waals surface area contributed by atoms with E-state index in [2.05, 4.69) is 15.9 Å². The topological polar surface area (TPSA) is 52.4 Å². The smallest absolute Gasteiger partial charge is 0.312 e. The Labute approximate surface area is 127 Å². The van der Waals surface area contributed by atoms with Gasteiger partial charge in [0.05, 0.1) is 9.40 Å². The zero-order chi connectivity index (χ0) is 14.7. The van der Waals surface area contributed by atoms with Gasteiger partial charge in [0.1, 0.15) is 11.6 Å². The van der Waals surface area contributed by atoms with Crippen molar-refractivity contribution in [2.75, 3.05) is 0 Å². The lowest BCUT2D eigenvalue weighted by Crippen LogP contribution is -1.95. The van der Waals surface area contributed by atoms with Crippen LogP contribution < -0.4 is 4.74 Å². The summed E-state index contributed by atoms with van der Waals surface area (Å²) in [5.41, 5.74) is 0.565. The molecule has 0 aliphatic carbocycles. The molecule has 2 aromatic carbocycles. The van der Waals surface area contributed by atoms with Crippen molar-refractivity contribution in [1.29, 1.82) is 0 Å². The van der Waals surface area contributed by atoms with Crippen LogP contribution in [0.25, 0.3) is 0 Å². The molecule has 0 spiro atoms. The Hall–Kier alpha value is -1.66. The van der Waals surface area contributed by atoms with Crippen molar-refractivity contribution in [2.45, 2.75) is 5.88 Å². The maximum absolute atomic E-state index is 13.5. The van der Waals surface area contributed by atoms with Crippen molar-refractivity contribution in [3.63, 3.8) is 0 Å². The van der Waals surface area contributed by atoms with E-state index in [1.54, 1.807) is 24.3 Å². The van der Waals surface area contributed by atoms with E-state index in [-0.39, 0.29) is 15.9 Å². The Morgan fingerprint density at radius 2 is 1.95 bits per heavy atom. The summed E-state index contributed by atoms with van der Waals surface area (Å²) in [6, 6.07) is 8.71. The molecule has 0 saturated heterocycles. The molecule has 0 fully saturated rings. The van der Waals surface area contributed by atoms with E-state index in [4.69, 9.17) is 16.3 Å². The quantitative estimate of drug-likeness (QED) is 0.436. The van der Waals surface area contributed by atoms with Crippen LogP contribution in [0.2, 0.25) is 0 Å². The highest BCUT2D eigenvalue weighted by Crippen LogP contribution is 2.35. The van der Waals surface area contributed by atoms with E-state index in [0.29, 0.717) is 11.6 Å². The van der Waals surface area contributed by atoms with Gasteiger partial charge in [-0.2, -0.15) is 0 Å². The second-order valence-corrected chi connectivity index (χ2v) is 4.99. The van der Waals surface area contributed by atoms with Gasteiger partial charge in [0, 0.05) is 18.0 Å². The van der Waals surface area contributed by atoms with Gasteiger partial charge in [-0.15, -0.1) is 11.6 Å². The summed E-state index contributed by atoms with van der Waals surface area (Å²) >= 11 is 8.56. The number of ether oxygens (including phenoxy) is 1. The Morgan fingerprint density at radius 1 is 1.30 bits per heavy atom. The first-order valence-corrected chi connectivity index (χ1v) is 6.80. The first kappa shape index (κ1) is 14.7. The predicted octanol–water partition coefficient (Wildman–Crippen LogP) is 5.03. The first-order valence-electron chi connectivity index (χ1n) is 5.47. The summed E-state index contributed by atoms with van der Waals surface area (Å²) < 4.78 is 18.8. The largest absolute Gasteiger partial charge is 0.450 e. The molecular formula is C13H8BrClFNO3. The molecule has 0 amide bonds. The van der Waals surface area contributed by atoms with Crippen LogP contribution in [0.15, 0.2) is 40.9 Å². The Kier molecular flexibility index (Phi) is 4.57. The lowest BCUT2D eigenvalue weighted by molar-refractivity contribution is -0.385. The lowest BCUT2D eigenvalue weighted by Gasteiger charge is -2.07. The molecule has 0 saturated carbocycles. The number of hydrogen-bond donors (Lipinski definition) is 0. The van der Waals surface area contributed by atoms with E-state index in [0.717, 1.165) is 17.7 Å². The molecule has 0 aromatic heterocycles. The highest BCUT2D eigenvalue weighted by Gasteiger charge is 2.19. The standard InChI is InChI=1S/C13H8BrClFNO3/c14-10-5-12(17(18)19)13(6-11(10)16)20-9-3-1-8(7-15)2-4-9/h1-6H,7H2. The third-order valence-corrected chi connectivity index (χ3v) is 3.42. The zero-order valence-electron chi connectivity index (χ0n) is 9.98. The van der Waals surface area contributed by atoms with Crippen LogP contribution >= 0.6 is 27.5 Å². The average Bonchev–Trinajstić information content (AvgIpc) is 2.43. The molecule has 0 aliphatic heterocycles. The fourth-order valence-electron chi connectivity index (χ4n) is 1.52. The summed E-state index contributed by atoms with van der Waals surface area (Å²) in [5.74, 6) is -0.0751. The molecule has 2 rings (SSSR count). The average molecular weight is 361 g/mol. The van der Waals surface area contributed by atoms with Gasteiger partial charge < -0.3 is 4.74 Å². The van der Waals surface area contributed by atoms with Gasteiger partial charge in [0.2, 0.25) is 5.75 Å². The van der Waals surface area contributed by atoms with Gasteiger partial charge in [0.15, 0.2) is 0 Å². The summed E-state index contributed by atoms with van der Waals surface area (Å²) in [6.07, 6.45) is 0. The minimum absolute atomic E-state index is 0.00837. The fourth-order valence-corrected chi connectivity index (χ4v) is 2.03. The van der Waals surface area contributed by atoms with Crippen molar-refractivity contribution in [3.8, 4) is 11.5 Å². The van der Waals surface area contributed by atoms with Gasteiger partial charge in [-0.05, 0) is 33.6 Å². The molecule has 7 heteroatoms. The van der Waals surface area contributed by atoms with Crippen LogP contribution in [0.1, 0.15) is 5.56 Å². The molecule has 0 radical (unpaired) electrons. The van der Waals surface area contributed by atoms with E-state index >= 15 is 0 Å². The molecular weight excluding hydrogens is 353 g/mol. The van der Waals surface area contributed by atoms with E-state index < -0.39 is 10.7 Å². The van der Waals surface area contributed by atoms with Crippen molar-refractivity contribution in [1.82, 2.24) is 0 Å². The van der Waals surface area contributed by atoms with Crippen LogP contribution in [0, 0.1) is 15.9 Å². The second-order valence-electron chi connectivity index (χ2n) is 3.87. The van der Waals surface area contributed by atoms with Gasteiger partial charge >= 0.3 is 5.69 Å². The number of alkyl halides is 1. The highest BCUT2D eigenvalue weighted by molar-refractivity contribution is 9.10. The third-order valence-electron chi connectivity index (χ3n) is 2.50. The summed E-state index contributed by atoms with van der Waals surface area (Å²) in [4.78, 5) is 10.3. The minimum Gasteiger partial charge on any atom is -0.450 e. The molecule has 2 aromatic rings. The highest BCUT2D eigenvalue weighted by atomic mass is 79.9. The number of benzene rings is 2. The molecule has 0 unspecified atom stereocenters. The van der Waals surface area contributed by atoms with Crippen molar-refractivity contribution in [3.05, 3.63) is 62.4 Å². The van der Waals surface area contributed by atoms with E-state index in [1.807, 2.05) is 0 Å².